The summed E-state index contributed by atoms with van der Waals surface area (Å²) in [5.74, 6) is 1.57. The maximum absolute atomic E-state index is 5.85. The summed E-state index contributed by atoms with van der Waals surface area (Å²) in [5, 5.41) is 3.11. The molecule has 3 aromatic rings. The molecular weight excluding hydrogens is 290 g/mol. The lowest BCUT2D eigenvalue weighted by Gasteiger charge is -2.14. The van der Waals surface area contributed by atoms with Gasteiger partial charge in [0.1, 0.15) is 10.8 Å². The van der Waals surface area contributed by atoms with Crippen molar-refractivity contribution in [3.05, 3.63) is 46.2 Å². The fourth-order valence-electron chi connectivity index (χ4n) is 2.46. The summed E-state index contributed by atoms with van der Waals surface area (Å²) in [7, 11) is 0. The number of hydrogen-bond acceptors (Lipinski definition) is 3. The first-order valence-corrected chi connectivity index (χ1v) is 8.12. The molecule has 0 radical (unpaired) electrons. The lowest BCUT2D eigenvalue weighted by molar-refractivity contribution is 0.618. The Hall–Kier alpha value is -1.39. The van der Waals surface area contributed by atoms with E-state index < -0.39 is 0 Å². The first-order chi connectivity index (χ1) is 9.74. The fraction of sp³-hybridized carbons (Fsp3) is 0.333. The van der Waals surface area contributed by atoms with Crippen molar-refractivity contribution in [2.24, 2.45) is 0 Å². The van der Waals surface area contributed by atoms with E-state index in [4.69, 9.17) is 16.6 Å². The van der Waals surface area contributed by atoms with Gasteiger partial charge in [-0.3, -0.25) is 0 Å². The lowest BCUT2D eigenvalue weighted by Crippen LogP contribution is -2.10. The van der Waals surface area contributed by atoms with Gasteiger partial charge >= 0.3 is 0 Å². The van der Waals surface area contributed by atoms with E-state index in [0.29, 0.717) is 5.88 Å². The zero-order valence-corrected chi connectivity index (χ0v) is 13.1. The van der Waals surface area contributed by atoms with Crippen LogP contribution < -0.4 is 0 Å². The van der Waals surface area contributed by atoms with Crippen molar-refractivity contribution in [2.45, 2.75) is 32.2 Å². The van der Waals surface area contributed by atoms with Crippen LogP contribution in [0.4, 0.5) is 0 Å². The largest absolute Gasteiger partial charge is 0.318 e. The molecule has 1 unspecified atom stereocenters. The van der Waals surface area contributed by atoms with Crippen molar-refractivity contribution >= 4 is 34.0 Å². The number of nitrogens with zero attached hydrogens (tertiary/aromatic N) is 3. The molecule has 0 aliphatic rings. The van der Waals surface area contributed by atoms with Crippen molar-refractivity contribution in [3.8, 4) is 0 Å². The third kappa shape index (κ3) is 2.23. The van der Waals surface area contributed by atoms with Gasteiger partial charge in [-0.1, -0.05) is 19.1 Å². The predicted octanol–water partition coefficient (Wildman–Crippen LogP) is 4.40. The number of halogens is 1. The number of para-hydroxylation sites is 2. The molecule has 0 fully saturated rings. The highest BCUT2D eigenvalue weighted by Gasteiger charge is 2.18. The summed E-state index contributed by atoms with van der Waals surface area (Å²) in [6, 6.07) is 8.44. The molecule has 0 aliphatic carbocycles. The molecule has 0 N–H and O–H groups in total. The average Bonchev–Trinajstić information content (AvgIpc) is 3.10. The Balaban J connectivity index is 2.12. The first kappa shape index (κ1) is 13.6. The maximum Gasteiger partial charge on any atom is 0.116 e. The quantitative estimate of drug-likeness (QED) is 0.669. The summed E-state index contributed by atoms with van der Waals surface area (Å²) >= 11 is 7.51. The molecule has 0 saturated carbocycles. The minimum atomic E-state index is 0.180. The smallest absolute Gasteiger partial charge is 0.116 e. The normalized spacial score (nSPS) is 12.9. The molecule has 0 aliphatic heterocycles. The summed E-state index contributed by atoms with van der Waals surface area (Å²) in [4.78, 5) is 9.32. The molecule has 1 aromatic carbocycles. The van der Waals surface area contributed by atoms with Gasteiger partial charge < -0.3 is 4.57 Å². The molecule has 2 heterocycles. The van der Waals surface area contributed by atoms with Crippen molar-refractivity contribution in [1.82, 2.24) is 14.5 Å². The van der Waals surface area contributed by atoms with Crippen molar-refractivity contribution in [3.63, 3.8) is 0 Å². The Morgan fingerprint density at radius 3 is 2.80 bits per heavy atom. The van der Waals surface area contributed by atoms with Gasteiger partial charge in [0.2, 0.25) is 0 Å². The van der Waals surface area contributed by atoms with E-state index in [1.165, 1.54) is 5.52 Å². The van der Waals surface area contributed by atoms with Gasteiger partial charge in [-0.2, -0.15) is 0 Å². The van der Waals surface area contributed by atoms with Gasteiger partial charge in [0.15, 0.2) is 0 Å². The summed E-state index contributed by atoms with van der Waals surface area (Å²) in [6.07, 6.45) is 0.909. The molecule has 2 aromatic heterocycles. The Morgan fingerprint density at radius 1 is 1.30 bits per heavy atom. The number of alkyl halides is 1. The molecule has 20 heavy (non-hydrogen) atoms. The Labute approximate surface area is 127 Å². The monoisotopic (exact) mass is 305 g/mol. The van der Waals surface area contributed by atoms with E-state index in [-0.39, 0.29) is 6.04 Å². The van der Waals surface area contributed by atoms with Crippen LogP contribution in [0.15, 0.2) is 29.6 Å². The van der Waals surface area contributed by atoms with Crippen LogP contribution in [0, 0.1) is 0 Å². The van der Waals surface area contributed by atoms with Crippen molar-refractivity contribution in [2.75, 3.05) is 0 Å². The molecule has 0 saturated heterocycles. The first-order valence-electron chi connectivity index (χ1n) is 6.70. The molecule has 5 heteroatoms. The highest BCUT2D eigenvalue weighted by atomic mass is 35.5. The van der Waals surface area contributed by atoms with Crippen LogP contribution in [0.25, 0.3) is 11.0 Å². The third-order valence-electron chi connectivity index (χ3n) is 3.44. The molecule has 1 atom stereocenters. The topological polar surface area (TPSA) is 30.7 Å². The molecule has 3 nitrogen and oxygen atoms in total. The van der Waals surface area contributed by atoms with Crippen LogP contribution in [-0.2, 0) is 12.3 Å². The van der Waals surface area contributed by atoms with Crippen molar-refractivity contribution < 1.29 is 0 Å². The summed E-state index contributed by atoms with van der Waals surface area (Å²) in [5.41, 5.74) is 3.16. The second-order valence-electron chi connectivity index (χ2n) is 4.73. The number of aryl methyl sites for hydroxylation is 1. The maximum atomic E-state index is 5.85. The van der Waals surface area contributed by atoms with E-state index in [1.807, 2.05) is 11.4 Å². The van der Waals surface area contributed by atoms with E-state index >= 15 is 0 Å². The fourth-order valence-corrected chi connectivity index (χ4v) is 3.56. The molecule has 3 rings (SSSR count). The lowest BCUT2D eigenvalue weighted by atomic mass is 10.2. The third-order valence-corrected chi connectivity index (χ3v) is 4.77. The van der Waals surface area contributed by atoms with Crippen molar-refractivity contribution in [1.29, 1.82) is 0 Å². The van der Waals surface area contributed by atoms with Crippen LogP contribution in [0.1, 0.15) is 36.4 Å². The Bertz CT molecular complexity index is 732. The Kier molecular flexibility index (Phi) is 3.76. The van der Waals surface area contributed by atoms with Gasteiger partial charge in [0.25, 0.3) is 0 Å². The molecule has 0 amide bonds. The number of rotatable bonds is 4. The molecule has 0 bridgehead atoms. The number of imidazole rings is 1. The SMILES string of the molecule is CCc1nc2ccccc2n1C(C)c1nc(CCl)cs1. The van der Waals surface area contributed by atoms with Gasteiger partial charge in [-0.25, -0.2) is 9.97 Å². The zero-order valence-electron chi connectivity index (χ0n) is 11.5. The summed E-state index contributed by atoms with van der Waals surface area (Å²) < 4.78 is 2.28. The second-order valence-corrected chi connectivity index (χ2v) is 5.88. The van der Waals surface area contributed by atoms with Gasteiger partial charge in [-0.15, -0.1) is 22.9 Å². The highest BCUT2D eigenvalue weighted by molar-refractivity contribution is 7.09. The van der Waals surface area contributed by atoms with Crippen LogP contribution in [-0.4, -0.2) is 14.5 Å². The standard InChI is InChI=1S/C15H16ClN3S/c1-3-14-18-12-6-4-5-7-13(12)19(14)10(2)15-17-11(8-16)9-20-15/h4-7,9-10H,3,8H2,1-2H3. The van der Waals surface area contributed by atoms with Crippen LogP contribution in [0.5, 0.6) is 0 Å². The number of thiazole rings is 1. The number of benzene rings is 1. The molecule has 0 spiro atoms. The molecular formula is C15H16ClN3S. The number of aromatic nitrogens is 3. The predicted molar refractivity (Wildman–Crippen MR) is 84.6 cm³/mol. The summed E-state index contributed by atoms with van der Waals surface area (Å²) in [6.45, 7) is 4.31. The van der Waals surface area contributed by atoms with Crippen LogP contribution >= 0.6 is 22.9 Å². The minimum absolute atomic E-state index is 0.180. The second kappa shape index (κ2) is 5.54. The van der Waals surface area contributed by atoms with E-state index in [2.05, 4.69) is 41.6 Å². The van der Waals surface area contributed by atoms with Gasteiger partial charge in [0.05, 0.1) is 28.6 Å². The Morgan fingerprint density at radius 2 is 2.10 bits per heavy atom. The zero-order chi connectivity index (χ0) is 14.1. The number of hydrogen-bond donors (Lipinski definition) is 0. The van der Waals surface area contributed by atoms with Crippen LogP contribution in [0.2, 0.25) is 0 Å². The molecule has 104 valence electrons. The van der Waals surface area contributed by atoms with Gasteiger partial charge in [0, 0.05) is 11.8 Å². The average molecular weight is 306 g/mol. The van der Waals surface area contributed by atoms with Gasteiger partial charge in [-0.05, 0) is 19.1 Å². The minimum Gasteiger partial charge on any atom is -0.318 e. The van der Waals surface area contributed by atoms with E-state index in [1.54, 1.807) is 11.3 Å². The highest BCUT2D eigenvalue weighted by Crippen LogP contribution is 2.28. The van der Waals surface area contributed by atoms with Crippen LogP contribution in [0.3, 0.4) is 0 Å². The van der Waals surface area contributed by atoms with E-state index in [0.717, 1.165) is 28.5 Å². The number of fused-ring (bicyclic) bond motifs is 1. The van der Waals surface area contributed by atoms with E-state index in [9.17, 15) is 0 Å².